The molecule has 3 aromatic carbocycles. The maximum absolute atomic E-state index is 16.3. The van der Waals surface area contributed by atoms with Gasteiger partial charge in [-0.05, 0) is 141 Å². The van der Waals surface area contributed by atoms with Crippen LogP contribution in [0, 0.1) is 17.2 Å². The minimum absolute atomic E-state index is 0.159. The first-order valence-corrected chi connectivity index (χ1v) is 22.5. The van der Waals surface area contributed by atoms with Crippen LogP contribution in [0.4, 0.5) is 4.39 Å². The van der Waals surface area contributed by atoms with Crippen LogP contribution in [-0.2, 0) is 31.9 Å². The minimum atomic E-state index is -0.679. The summed E-state index contributed by atoms with van der Waals surface area (Å²) in [4.78, 5) is 24.3. The molecule has 0 saturated heterocycles. The second kappa shape index (κ2) is 24.9. The number of hydrogen-bond donors (Lipinski definition) is 2. The molecule has 1 fully saturated rings. The molecule has 1 aliphatic carbocycles. The molecular weight excluding hydrogens is 756 g/mol. The first-order valence-electron chi connectivity index (χ1n) is 22.5. The molecule has 0 spiro atoms. The Morgan fingerprint density at radius 1 is 0.700 bits per heavy atom. The Bertz CT molecular complexity index is 1780. The number of aliphatic hydroxyl groups is 2. The molecule has 0 aromatic heterocycles. The molecular formula is C52H71FO7. The van der Waals surface area contributed by atoms with Crippen molar-refractivity contribution in [1.82, 2.24) is 0 Å². The highest BCUT2D eigenvalue weighted by atomic mass is 19.1. The molecule has 2 N–H and O–H groups in total. The highest BCUT2D eigenvalue weighted by Gasteiger charge is 2.29. The summed E-state index contributed by atoms with van der Waals surface area (Å²) in [5.74, 6) is 0.804. The second-order valence-electron chi connectivity index (χ2n) is 17.2. The van der Waals surface area contributed by atoms with Gasteiger partial charge in [-0.2, -0.15) is 0 Å². The van der Waals surface area contributed by atoms with E-state index in [1.165, 1.54) is 56.9 Å². The van der Waals surface area contributed by atoms with E-state index in [-0.39, 0.29) is 38.9 Å². The third-order valence-electron chi connectivity index (χ3n) is 12.3. The van der Waals surface area contributed by atoms with Gasteiger partial charge >= 0.3 is 11.9 Å². The Morgan fingerprint density at radius 3 is 1.78 bits per heavy atom. The summed E-state index contributed by atoms with van der Waals surface area (Å²) in [5.41, 5.74) is 5.86. The molecule has 60 heavy (non-hydrogen) atoms. The lowest BCUT2D eigenvalue weighted by atomic mass is 9.77. The van der Waals surface area contributed by atoms with Gasteiger partial charge in [-0.15, -0.1) is 0 Å². The van der Waals surface area contributed by atoms with Gasteiger partial charge in [-0.3, -0.25) is 0 Å². The summed E-state index contributed by atoms with van der Waals surface area (Å²) in [6, 6.07) is 17.9. The second-order valence-corrected chi connectivity index (χ2v) is 17.2. The molecule has 0 unspecified atom stereocenters. The Morgan fingerprint density at radius 2 is 1.27 bits per heavy atom. The number of aliphatic hydroxyl groups excluding tert-OH is 2. The van der Waals surface area contributed by atoms with Crippen molar-refractivity contribution in [3.8, 4) is 28.0 Å². The van der Waals surface area contributed by atoms with Crippen LogP contribution < -0.4 is 4.74 Å². The molecule has 0 radical (unpaired) electrons. The van der Waals surface area contributed by atoms with E-state index in [1.54, 1.807) is 19.9 Å². The zero-order valence-corrected chi connectivity index (χ0v) is 36.9. The Kier molecular flexibility index (Phi) is 20.0. The van der Waals surface area contributed by atoms with Gasteiger partial charge in [-0.1, -0.05) is 102 Å². The van der Waals surface area contributed by atoms with Crippen LogP contribution in [0.2, 0.25) is 0 Å². The summed E-state index contributed by atoms with van der Waals surface area (Å²) in [5, 5.41) is 20.6. The van der Waals surface area contributed by atoms with E-state index >= 15 is 4.39 Å². The highest BCUT2D eigenvalue weighted by Crippen LogP contribution is 2.40. The number of ether oxygens (including phenoxy) is 3. The van der Waals surface area contributed by atoms with Gasteiger partial charge in [0.15, 0.2) is 0 Å². The van der Waals surface area contributed by atoms with E-state index in [2.05, 4.69) is 51.3 Å². The molecule has 0 aliphatic heterocycles. The number of aryl methyl sites for hydroxylation is 2. The SMILES string of the molecule is C=C(C)C(=O)OCCCc1cc(-c2ccc(-c3ccc(C4CCC(CCCCC)CC4)cc3)cc2F)cc(CCCOC(=O)C(=C)C)c1OCCC(CO)(CO)CCCC. The summed E-state index contributed by atoms with van der Waals surface area (Å²) in [6.45, 7) is 15.1. The Hall–Kier alpha value is -4.27. The van der Waals surface area contributed by atoms with Crippen LogP contribution >= 0.6 is 0 Å². The van der Waals surface area contributed by atoms with Crippen LogP contribution in [0.1, 0.15) is 140 Å². The topological polar surface area (TPSA) is 102 Å². The van der Waals surface area contributed by atoms with Gasteiger partial charge in [0.05, 0.1) is 33.0 Å². The fraction of sp³-hybridized carbons (Fsp3) is 0.538. The first kappa shape index (κ1) is 48.4. The molecule has 8 heteroatoms. The van der Waals surface area contributed by atoms with E-state index in [0.717, 1.165) is 41.0 Å². The lowest BCUT2D eigenvalue weighted by Crippen LogP contribution is -2.32. The lowest BCUT2D eigenvalue weighted by Gasteiger charge is -2.30. The van der Waals surface area contributed by atoms with Crippen LogP contribution in [0.3, 0.4) is 0 Å². The molecule has 1 aliphatic rings. The Labute approximate surface area is 359 Å². The Balaban J connectivity index is 1.62. The lowest BCUT2D eigenvalue weighted by molar-refractivity contribution is -0.139. The third kappa shape index (κ3) is 14.4. The summed E-state index contributed by atoms with van der Waals surface area (Å²) in [6.07, 6.45) is 15.2. The summed E-state index contributed by atoms with van der Waals surface area (Å²) < 4.78 is 33.7. The van der Waals surface area contributed by atoms with Crippen molar-refractivity contribution in [2.24, 2.45) is 11.3 Å². The van der Waals surface area contributed by atoms with Crippen molar-refractivity contribution < 1.29 is 38.4 Å². The maximum Gasteiger partial charge on any atom is 0.333 e. The van der Waals surface area contributed by atoms with Gasteiger partial charge in [-0.25, -0.2) is 14.0 Å². The van der Waals surface area contributed by atoms with Crippen LogP contribution in [0.5, 0.6) is 5.75 Å². The molecule has 0 heterocycles. The monoisotopic (exact) mass is 827 g/mol. The van der Waals surface area contributed by atoms with Crippen molar-refractivity contribution in [3.05, 3.63) is 101 Å². The molecule has 7 nitrogen and oxygen atoms in total. The number of halogens is 1. The van der Waals surface area contributed by atoms with Gasteiger partial charge in [0, 0.05) is 22.1 Å². The highest BCUT2D eigenvalue weighted by molar-refractivity contribution is 5.87. The standard InChI is InChI=1S/C52H71FO7/c1-7-9-11-14-39-17-19-40(20-18-39)41-21-23-42(24-22-41)43-25-26-47(48(53)34-43)46-32-44(15-12-29-59-50(56)37(3)4)49(45(33-46)16-13-30-60-51(57)38(5)6)58-31-28-52(35-54,36-55)27-10-8-2/h21-26,32-34,39-40,54-55H,3,5,7-20,27-31,35-36H2,1-2,4,6H3. The first-order chi connectivity index (χ1) is 28.9. The number of hydrogen-bond acceptors (Lipinski definition) is 7. The molecule has 0 bridgehead atoms. The predicted molar refractivity (Wildman–Crippen MR) is 241 cm³/mol. The fourth-order valence-corrected chi connectivity index (χ4v) is 8.32. The minimum Gasteiger partial charge on any atom is -0.493 e. The van der Waals surface area contributed by atoms with Crippen molar-refractivity contribution in [2.75, 3.05) is 33.0 Å². The van der Waals surface area contributed by atoms with Crippen molar-refractivity contribution in [1.29, 1.82) is 0 Å². The maximum atomic E-state index is 16.3. The van der Waals surface area contributed by atoms with Gasteiger partial charge in [0.1, 0.15) is 11.6 Å². The predicted octanol–water partition coefficient (Wildman–Crippen LogP) is 12.0. The largest absolute Gasteiger partial charge is 0.493 e. The van der Waals surface area contributed by atoms with Crippen LogP contribution in [0.15, 0.2) is 78.9 Å². The van der Waals surface area contributed by atoms with E-state index in [4.69, 9.17) is 14.2 Å². The molecule has 4 rings (SSSR count). The average molecular weight is 827 g/mol. The van der Waals surface area contributed by atoms with E-state index in [0.29, 0.717) is 72.5 Å². The number of carbonyl (C=O) groups is 2. The van der Waals surface area contributed by atoms with Crippen molar-refractivity contribution in [3.63, 3.8) is 0 Å². The van der Waals surface area contributed by atoms with Crippen molar-refractivity contribution in [2.45, 2.75) is 136 Å². The van der Waals surface area contributed by atoms with E-state index in [1.807, 2.05) is 24.3 Å². The van der Waals surface area contributed by atoms with Gasteiger partial charge < -0.3 is 24.4 Å². The molecule has 328 valence electrons. The smallest absolute Gasteiger partial charge is 0.333 e. The zero-order valence-electron chi connectivity index (χ0n) is 36.9. The average Bonchev–Trinajstić information content (AvgIpc) is 3.25. The zero-order chi connectivity index (χ0) is 43.5. The molecule has 0 amide bonds. The fourth-order valence-electron chi connectivity index (χ4n) is 8.32. The normalized spacial score (nSPS) is 15.4. The van der Waals surface area contributed by atoms with Crippen LogP contribution in [0.25, 0.3) is 22.3 Å². The number of rotatable bonds is 26. The number of carbonyl (C=O) groups excluding carboxylic acids is 2. The summed E-state index contributed by atoms with van der Waals surface area (Å²) >= 11 is 0. The molecule has 0 atom stereocenters. The quantitative estimate of drug-likeness (QED) is 0.0472. The van der Waals surface area contributed by atoms with Gasteiger partial charge in [0.2, 0.25) is 0 Å². The number of esters is 2. The van der Waals surface area contributed by atoms with E-state index in [9.17, 15) is 19.8 Å². The number of unbranched alkanes of at least 4 members (excludes halogenated alkanes) is 3. The van der Waals surface area contributed by atoms with Crippen LogP contribution in [-0.4, -0.2) is 55.2 Å². The molecule has 3 aromatic rings. The summed E-state index contributed by atoms with van der Waals surface area (Å²) in [7, 11) is 0. The third-order valence-corrected chi connectivity index (χ3v) is 12.3. The van der Waals surface area contributed by atoms with Gasteiger partial charge in [0.25, 0.3) is 0 Å². The van der Waals surface area contributed by atoms with Crippen molar-refractivity contribution >= 4 is 11.9 Å². The molecule has 1 saturated carbocycles. The number of benzene rings is 3. The van der Waals surface area contributed by atoms with E-state index < -0.39 is 17.4 Å².